The van der Waals surface area contributed by atoms with Crippen LogP contribution in [-0.4, -0.2) is 56.2 Å². The highest BCUT2D eigenvalue weighted by molar-refractivity contribution is 7.91. The summed E-state index contributed by atoms with van der Waals surface area (Å²) in [6.45, 7) is 2.30. The molecule has 1 aliphatic rings. The molecule has 0 aliphatic carbocycles. The molecule has 34 heavy (non-hydrogen) atoms. The van der Waals surface area contributed by atoms with E-state index in [1.807, 2.05) is 36.0 Å². The second kappa shape index (κ2) is 9.34. The first-order valence-electron chi connectivity index (χ1n) is 10.8. The van der Waals surface area contributed by atoms with Gasteiger partial charge in [0.1, 0.15) is 5.25 Å². The van der Waals surface area contributed by atoms with Crippen molar-refractivity contribution in [2.45, 2.75) is 18.7 Å². The van der Waals surface area contributed by atoms with E-state index in [4.69, 9.17) is 9.47 Å². The molecule has 1 unspecified atom stereocenters. The Balaban J connectivity index is 1.69. The van der Waals surface area contributed by atoms with Gasteiger partial charge in [-0.1, -0.05) is 18.2 Å². The number of nitrogens with zero attached hydrogens (tertiary/aromatic N) is 2. The van der Waals surface area contributed by atoms with Crippen LogP contribution < -0.4 is 9.47 Å². The van der Waals surface area contributed by atoms with Gasteiger partial charge in [0.15, 0.2) is 21.3 Å². The van der Waals surface area contributed by atoms with Crippen molar-refractivity contribution in [2.24, 2.45) is 0 Å². The quantitative estimate of drug-likeness (QED) is 0.434. The zero-order valence-electron chi connectivity index (χ0n) is 19.2. The van der Waals surface area contributed by atoms with Crippen LogP contribution in [0.4, 0.5) is 0 Å². The number of hydrogen-bond donors (Lipinski definition) is 0. The second-order valence-corrected chi connectivity index (χ2v) is 10.3. The number of aromatic nitrogens is 1. The van der Waals surface area contributed by atoms with E-state index in [9.17, 15) is 18.0 Å². The molecule has 3 aromatic rings. The Bertz CT molecular complexity index is 1330. The van der Waals surface area contributed by atoms with E-state index in [0.717, 1.165) is 11.2 Å². The van der Waals surface area contributed by atoms with Crippen LogP contribution >= 0.6 is 0 Å². The maximum Gasteiger partial charge on any atom is 0.261 e. The fourth-order valence-corrected chi connectivity index (χ4v) is 5.25. The molecule has 178 valence electrons. The molecule has 1 atom stereocenters. The van der Waals surface area contributed by atoms with Crippen LogP contribution in [0.2, 0.25) is 0 Å². The minimum Gasteiger partial charge on any atom is -0.493 e. The van der Waals surface area contributed by atoms with Crippen LogP contribution in [0.3, 0.4) is 0 Å². The minimum atomic E-state index is -3.69. The molecule has 0 saturated carbocycles. The van der Waals surface area contributed by atoms with Crippen molar-refractivity contribution in [3.05, 3.63) is 83.2 Å². The molecule has 0 bridgehead atoms. The van der Waals surface area contributed by atoms with Gasteiger partial charge in [-0.2, -0.15) is 0 Å². The van der Waals surface area contributed by atoms with Crippen LogP contribution in [0.1, 0.15) is 44.0 Å². The van der Waals surface area contributed by atoms with Gasteiger partial charge in [0.2, 0.25) is 0 Å². The van der Waals surface area contributed by atoms with Crippen molar-refractivity contribution in [3.8, 4) is 11.5 Å². The molecule has 4 rings (SSSR count). The SMILES string of the molecule is CCOc1cc(C(CN2C(=O)c3cccc(Cn4cccc4)c3C2=O)S(C)(=O)=O)ccc1OC. The molecule has 0 radical (unpaired) electrons. The summed E-state index contributed by atoms with van der Waals surface area (Å²) in [7, 11) is -2.19. The summed E-state index contributed by atoms with van der Waals surface area (Å²) in [4.78, 5) is 27.6. The number of amides is 2. The standard InChI is InChI=1S/C25H26N2O6S/c1-4-33-21-14-17(10-11-20(21)32-2)22(34(3,30)31)16-27-24(28)19-9-7-8-18(23(19)25(27)29)15-26-12-5-6-13-26/h5-14,22H,4,15-16H2,1-3H3. The van der Waals surface area contributed by atoms with E-state index >= 15 is 0 Å². The number of imide groups is 1. The zero-order chi connectivity index (χ0) is 24.5. The van der Waals surface area contributed by atoms with Gasteiger partial charge in [-0.15, -0.1) is 0 Å². The van der Waals surface area contributed by atoms with Crippen LogP contribution in [0.15, 0.2) is 60.9 Å². The molecule has 0 N–H and O–H groups in total. The summed E-state index contributed by atoms with van der Waals surface area (Å²) >= 11 is 0. The Labute approximate surface area is 198 Å². The molecule has 0 saturated heterocycles. The first-order valence-corrected chi connectivity index (χ1v) is 12.8. The highest BCUT2D eigenvalue weighted by Gasteiger charge is 2.40. The highest BCUT2D eigenvalue weighted by atomic mass is 32.2. The topological polar surface area (TPSA) is 94.9 Å². The number of carbonyl (C=O) groups is 2. The van der Waals surface area contributed by atoms with Crippen LogP contribution in [0.25, 0.3) is 0 Å². The van der Waals surface area contributed by atoms with E-state index in [0.29, 0.717) is 41.3 Å². The van der Waals surface area contributed by atoms with E-state index in [1.165, 1.54) is 7.11 Å². The number of sulfone groups is 1. The van der Waals surface area contributed by atoms with Crippen molar-refractivity contribution in [1.82, 2.24) is 9.47 Å². The molecule has 1 aliphatic heterocycles. The molecule has 0 fully saturated rings. The lowest BCUT2D eigenvalue weighted by Crippen LogP contribution is -2.36. The summed E-state index contributed by atoms with van der Waals surface area (Å²) in [6, 6.07) is 13.7. The molecule has 9 heteroatoms. The number of carbonyl (C=O) groups excluding carboxylic acids is 2. The number of ether oxygens (including phenoxy) is 2. The van der Waals surface area contributed by atoms with E-state index in [1.54, 1.807) is 36.4 Å². The predicted octanol–water partition coefficient (Wildman–Crippen LogP) is 3.33. The van der Waals surface area contributed by atoms with Gasteiger partial charge in [0, 0.05) is 25.2 Å². The lowest BCUT2D eigenvalue weighted by Gasteiger charge is -2.22. The highest BCUT2D eigenvalue weighted by Crippen LogP contribution is 2.35. The Morgan fingerprint density at radius 2 is 1.71 bits per heavy atom. The average Bonchev–Trinajstić information content (AvgIpc) is 3.39. The van der Waals surface area contributed by atoms with Crippen LogP contribution in [-0.2, 0) is 16.4 Å². The minimum absolute atomic E-state index is 0.284. The first-order chi connectivity index (χ1) is 16.2. The van der Waals surface area contributed by atoms with Crippen LogP contribution in [0, 0.1) is 0 Å². The third-order valence-corrected chi connectivity index (χ3v) is 7.28. The summed E-state index contributed by atoms with van der Waals surface area (Å²) in [5, 5.41) is -1.12. The number of hydrogen-bond acceptors (Lipinski definition) is 6. The van der Waals surface area contributed by atoms with Crippen molar-refractivity contribution < 1.29 is 27.5 Å². The lowest BCUT2D eigenvalue weighted by molar-refractivity contribution is 0.0654. The average molecular weight is 483 g/mol. The van der Waals surface area contributed by atoms with Gasteiger partial charge in [-0.25, -0.2) is 8.42 Å². The fourth-order valence-electron chi connectivity index (χ4n) is 4.19. The lowest BCUT2D eigenvalue weighted by atomic mass is 10.0. The fraction of sp³-hybridized carbons (Fsp3) is 0.280. The molecule has 1 aromatic heterocycles. The van der Waals surface area contributed by atoms with Crippen molar-refractivity contribution >= 4 is 21.7 Å². The number of rotatable bonds is 9. The number of fused-ring (bicyclic) bond motifs is 1. The van der Waals surface area contributed by atoms with Gasteiger partial charge in [0.25, 0.3) is 11.8 Å². The Kier molecular flexibility index (Phi) is 6.47. The predicted molar refractivity (Wildman–Crippen MR) is 127 cm³/mol. The van der Waals surface area contributed by atoms with Crippen molar-refractivity contribution in [3.63, 3.8) is 0 Å². The van der Waals surface area contributed by atoms with Gasteiger partial charge >= 0.3 is 0 Å². The van der Waals surface area contributed by atoms with E-state index in [2.05, 4.69) is 0 Å². The molecular formula is C25H26N2O6S. The van der Waals surface area contributed by atoms with Gasteiger partial charge in [-0.05, 0) is 48.4 Å². The van der Waals surface area contributed by atoms with Gasteiger partial charge in [0.05, 0.1) is 31.4 Å². The summed E-state index contributed by atoms with van der Waals surface area (Å²) in [5.41, 5.74) is 1.72. The van der Waals surface area contributed by atoms with Crippen molar-refractivity contribution in [1.29, 1.82) is 0 Å². The second-order valence-electron chi connectivity index (χ2n) is 8.08. The van der Waals surface area contributed by atoms with Gasteiger partial charge < -0.3 is 14.0 Å². The van der Waals surface area contributed by atoms with Crippen molar-refractivity contribution in [2.75, 3.05) is 26.5 Å². The molecule has 8 nitrogen and oxygen atoms in total. The molecule has 2 amide bonds. The molecular weight excluding hydrogens is 456 g/mol. The summed E-state index contributed by atoms with van der Waals surface area (Å²) in [5.74, 6) is -0.128. The Hall–Kier alpha value is -3.59. The summed E-state index contributed by atoms with van der Waals surface area (Å²) < 4.78 is 38.4. The zero-order valence-corrected chi connectivity index (χ0v) is 20.0. The molecule has 2 heterocycles. The monoisotopic (exact) mass is 482 g/mol. The number of methoxy groups -OCH3 is 1. The maximum absolute atomic E-state index is 13.4. The third kappa shape index (κ3) is 4.43. The maximum atomic E-state index is 13.4. The Morgan fingerprint density at radius 3 is 2.35 bits per heavy atom. The normalized spacial score (nSPS) is 14.3. The molecule has 0 spiro atoms. The summed E-state index contributed by atoms with van der Waals surface area (Å²) in [6.07, 6.45) is 4.84. The third-order valence-electron chi connectivity index (χ3n) is 5.83. The van der Waals surface area contributed by atoms with E-state index in [-0.39, 0.29) is 12.1 Å². The Morgan fingerprint density at radius 1 is 0.971 bits per heavy atom. The number of benzene rings is 2. The molecule has 2 aromatic carbocycles. The van der Waals surface area contributed by atoms with Gasteiger partial charge in [-0.3, -0.25) is 14.5 Å². The van der Waals surface area contributed by atoms with Crippen LogP contribution in [0.5, 0.6) is 11.5 Å². The smallest absolute Gasteiger partial charge is 0.261 e. The largest absolute Gasteiger partial charge is 0.493 e. The first kappa shape index (κ1) is 23.6. The van der Waals surface area contributed by atoms with E-state index < -0.39 is 26.9 Å².